The molecule has 1 aromatic heterocycles. The lowest BCUT2D eigenvalue weighted by molar-refractivity contribution is -0.116. The van der Waals surface area contributed by atoms with Crippen LogP contribution < -0.4 is 5.32 Å². The van der Waals surface area contributed by atoms with Crippen LogP contribution in [0.15, 0.2) is 34.8 Å². The zero-order chi connectivity index (χ0) is 16.4. The maximum absolute atomic E-state index is 12.0. The van der Waals surface area contributed by atoms with Gasteiger partial charge in [0, 0.05) is 29.5 Å². The number of para-hydroxylation sites is 1. The third kappa shape index (κ3) is 3.47. The number of hydrogen-bond acceptors (Lipinski definition) is 4. The fraction of sp³-hybridized carbons (Fsp3) is 0.353. The first-order valence-corrected chi connectivity index (χ1v) is 9.50. The molecule has 0 radical (unpaired) electrons. The predicted molar refractivity (Wildman–Crippen MR) is 89.8 cm³/mol. The fourth-order valence-electron chi connectivity index (χ4n) is 2.88. The summed E-state index contributed by atoms with van der Waals surface area (Å²) in [6.45, 7) is 2.00. The minimum absolute atomic E-state index is 0.0292. The van der Waals surface area contributed by atoms with Gasteiger partial charge in [-0.1, -0.05) is 25.1 Å². The monoisotopic (exact) mass is 333 g/mol. The average Bonchev–Trinajstić information content (AvgIpc) is 3.04. The Bertz CT molecular complexity index is 864. The van der Waals surface area contributed by atoms with Crippen molar-refractivity contribution in [2.24, 2.45) is 0 Å². The summed E-state index contributed by atoms with van der Waals surface area (Å²) in [5.74, 6) is 0.730. The molecule has 6 heteroatoms. The Hall–Kier alpha value is -2.08. The maximum atomic E-state index is 12.0. The molecule has 1 saturated heterocycles. The molecule has 122 valence electrons. The Kier molecular flexibility index (Phi) is 4.26. The van der Waals surface area contributed by atoms with Gasteiger partial charge in [0.05, 0.1) is 11.5 Å². The molecule has 23 heavy (non-hydrogen) atoms. The molecule has 5 nitrogen and oxygen atoms in total. The summed E-state index contributed by atoms with van der Waals surface area (Å²) in [5.41, 5.74) is 1.70. The van der Waals surface area contributed by atoms with Gasteiger partial charge in [0.15, 0.2) is 9.84 Å². The Labute approximate surface area is 135 Å². The zero-order valence-corrected chi connectivity index (χ0v) is 13.7. The van der Waals surface area contributed by atoms with Crippen LogP contribution in [-0.4, -0.2) is 31.9 Å². The van der Waals surface area contributed by atoms with Gasteiger partial charge in [-0.05, 0) is 18.6 Å². The number of furan rings is 1. The molecule has 1 unspecified atom stereocenters. The van der Waals surface area contributed by atoms with Crippen LogP contribution in [0.25, 0.3) is 17.0 Å². The van der Waals surface area contributed by atoms with Gasteiger partial charge in [-0.3, -0.25) is 4.79 Å². The summed E-state index contributed by atoms with van der Waals surface area (Å²) in [5, 5.41) is 3.72. The van der Waals surface area contributed by atoms with Crippen molar-refractivity contribution in [2.75, 3.05) is 11.5 Å². The number of hydrogen-bond donors (Lipinski definition) is 1. The molecule has 1 fully saturated rings. The number of carbonyl (C=O) groups is 1. The third-order valence-corrected chi connectivity index (χ3v) is 5.78. The van der Waals surface area contributed by atoms with Crippen LogP contribution in [0.5, 0.6) is 0 Å². The van der Waals surface area contributed by atoms with E-state index in [-0.39, 0.29) is 23.5 Å². The molecule has 1 amide bonds. The van der Waals surface area contributed by atoms with Gasteiger partial charge in [-0.25, -0.2) is 8.42 Å². The number of aryl methyl sites for hydroxylation is 1. The molecule has 1 atom stereocenters. The summed E-state index contributed by atoms with van der Waals surface area (Å²) >= 11 is 0. The van der Waals surface area contributed by atoms with Gasteiger partial charge < -0.3 is 9.73 Å². The van der Waals surface area contributed by atoms with E-state index in [1.807, 2.05) is 31.2 Å². The quantitative estimate of drug-likeness (QED) is 0.871. The SMILES string of the molecule is CCc1oc2ccccc2c1/C=C/C(=O)NC1CCS(=O)(=O)C1. The van der Waals surface area contributed by atoms with E-state index in [9.17, 15) is 13.2 Å². The van der Waals surface area contributed by atoms with Crippen LogP contribution in [0.2, 0.25) is 0 Å². The molecular formula is C17H19NO4S. The first-order valence-electron chi connectivity index (χ1n) is 7.68. The smallest absolute Gasteiger partial charge is 0.244 e. The number of rotatable bonds is 4. The number of nitrogens with one attached hydrogen (secondary N) is 1. The largest absolute Gasteiger partial charge is 0.460 e. The molecule has 2 aromatic rings. The Balaban J connectivity index is 1.76. The number of amides is 1. The molecular weight excluding hydrogens is 314 g/mol. The molecule has 0 saturated carbocycles. The van der Waals surface area contributed by atoms with Crippen LogP contribution in [0.4, 0.5) is 0 Å². The Morgan fingerprint density at radius 1 is 1.39 bits per heavy atom. The first kappa shape index (κ1) is 15.8. The van der Waals surface area contributed by atoms with E-state index in [1.54, 1.807) is 6.08 Å². The highest BCUT2D eigenvalue weighted by Crippen LogP contribution is 2.27. The van der Waals surface area contributed by atoms with Gasteiger partial charge in [-0.15, -0.1) is 0 Å². The van der Waals surface area contributed by atoms with E-state index in [1.165, 1.54) is 6.08 Å². The first-order chi connectivity index (χ1) is 11.0. The Morgan fingerprint density at radius 2 is 2.17 bits per heavy atom. The van der Waals surface area contributed by atoms with Crippen LogP contribution >= 0.6 is 0 Å². The summed E-state index contributed by atoms with van der Waals surface area (Å²) in [4.78, 5) is 12.0. The second-order valence-electron chi connectivity index (χ2n) is 5.73. The topological polar surface area (TPSA) is 76.4 Å². The van der Waals surface area contributed by atoms with E-state index in [2.05, 4.69) is 5.32 Å². The van der Waals surface area contributed by atoms with Crippen molar-refractivity contribution in [3.63, 3.8) is 0 Å². The van der Waals surface area contributed by atoms with Crippen molar-refractivity contribution in [2.45, 2.75) is 25.8 Å². The van der Waals surface area contributed by atoms with Gasteiger partial charge in [-0.2, -0.15) is 0 Å². The predicted octanol–water partition coefficient (Wildman–Crippen LogP) is 2.31. The van der Waals surface area contributed by atoms with E-state index in [4.69, 9.17) is 4.42 Å². The van der Waals surface area contributed by atoms with Crippen LogP contribution in [-0.2, 0) is 21.1 Å². The highest BCUT2D eigenvalue weighted by molar-refractivity contribution is 7.91. The number of sulfone groups is 1. The third-order valence-electron chi connectivity index (χ3n) is 4.01. The lowest BCUT2D eigenvalue weighted by atomic mass is 10.1. The maximum Gasteiger partial charge on any atom is 0.244 e. The van der Waals surface area contributed by atoms with E-state index >= 15 is 0 Å². The normalized spacial score (nSPS) is 20.3. The molecule has 3 rings (SSSR count). The summed E-state index contributed by atoms with van der Waals surface area (Å²) in [7, 11) is -2.99. The fourth-order valence-corrected chi connectivity index (χ4v) is 4.55. The second-order valence-corrected chi connectivity index (χ2v) is 7.96. The van der Waals surface area contributed by atoms with E-state index in [0.717, 1.165) is 28.7 Å². The van der Waals surface area contributed by atoms with Crippen LogP contribution in [0, 0.1) is 0 Å². The minimum Gasteiger partial charge on any atom is -0.460 e. The number of fused-ring (bicyclic) bond motifs is 1. The van der Waals surface area contributed by atoms with E-state index < -0.39 is 9.84 Å². The average molecular weight is 333 g/mol. The van der Waals surface area contributed by atoms with Gasteiger partial charge in [0.2, 0.25) is 5.91 Å². The molecule has 1 N–H and O–H groups in total. The summed E-state index contributed by atoms with van der Waals surface area (Å²) in [6.07, 6.45) is 4.40. The van der Waals surface area contributed by atoms with Gasteiger partial charge in [0.25, 0.3) is 0 Å². The Morgan fingerprint density at radius 3 is 2.87 bits per heavy atom. The van der Waals surface area contributed by atoms with Crippen molar-refractivity contribution >= 4 is 32.8 Å². The number of carbonyl (C=O) groups excluding carboxylic acids is 1. The summed E-state index contributed by atoms with van der Waals surface area (Å²) in [6, 6.07) is 7.40. The summed E-state index contributed by atoms with van der Waals surface area (Å²) < 4.78 is 28.6. The van der Waals surface area contributed by atoms with Crippen molar-refractivity contribution in [3.8, 4) is 0 Å². The van der Waals surface area contributed by atoms with Gasteiger partial charge >= 0.3 is 0 Å². The highest BCUT2D eigenvalue weighted by Gasteiger charge is 2.28. The molecule has 0 aliphatic carbocycles. The van der Waals surface area contributed by atoms with Crippen molar-refractivity contribution in [3.05, 3.63) is 41.7 Å². The van der Waals surface area contributed by atoms with Crippen LogP contribution in [0.3, 0.4) is 0 Å². The second kappa shape index (κ2) is 6.20. The molecule has 0 spiro atoms. The zero-order valence-electron chi connectivity index (χ0n) is 12.9. The van der Waals surface area contributed by atoms with Crippen molar-refractivity contribution < 1.29 is 17.6 Å². The number of benzene rings is 1. The molecule has 0 bridgehead atoms. The standard InChI is InChI=1S/C17H19NO4S/c1-2-15-14(13-5-3-4-6-16(13)22-15)7-8-17(19)18-12-9-10-23(20,21)11-12/h3-8,12H,2,9-11H2,1H3,(H,18,19)/b8-7+. The molecule has 1 aliphatic rings. The molecule has 1 aliphatic heterocycles. The molecule has 2 heterocycles. The minimum atomic E-state index is -2.99. The van der Waals surface area contributed by atoms with Gasteiger partial charge in [0.1, 0.15) is 11.3 Å². The van der Waals surface area contributed by atoms with Crippen molar-refractivity contribution in [1.29, 1.82) is 0 Å². The lowest BCUT2D eigenvalue weighted by Crippen LogP contribution is -2.34. The lowest BCUT2D eigenvalue weighted by Gasteiger charge is -2.07. The van der Waals surface area contributed by atoms with E-state index in [0.29, 0.717) is 6.42 Å². The molecule has 1 aromatic carbocycles. The highest BCUT2D eigenvalue weighted by atomic mass is 32.2. The van der Waals surface area contributed by atoms with Crippen LogP contribution in [0.1, 0.15) is 24.7 Å². The van der Waals surface area contributed by atoms with Crippen molar-refractivity contribution in [1.82, 2.24) is 5.32 Å².